The molecule has 0 radical (unpaired) electrons. The average molecular weight is 350 g/mol. The highest BCUT2D eigenvalue weighted by molar-refractivity contribution is 9.10. The molecule has 0 unspecified atom stereocenters. The number of rotatable bonds is 5. The molecule has 1 aliphatic rings. The van der Waals surface area contributed by atoms with Gasteiger partial charge in [0.1, 0.15) is 11.6 Å². The summed E-state index contributed by atoms with van der Waals surface area (Å²) in [6, 6.07) is 4.31. The lowest BCUT2D eigenvalue weighted by Gasteiger charge is -2.14. The van der Waals surface area contributed by atoms with E-state index in [9.17, 15) is 0 Å². The summed E-state index contributed by atoms with van der Waals surface area (Å²) in [7, 11) is 0. The van der Waals surface area contributed by atoms with Crippen molar-refractivity contribution in [3.05, 3.63) is 45.4 Å². The quantitative estimate of drug-likeness (QED) is 0.901. The Morgan fingerprint density at radius 1 is 1.43 bits per heavy atom. The van der Waals surface area contributed by atoms with Gasteiger partial charge in [-0.3, -0.25) is 0 Å². The van der Waals surface area contributed by atoms with E-state index in [1.54, 1.807) is 0 Å². The van der Waals surface area contributed by atoms with Crippen LogP contribution in [0.25, 0.3) is 0 Å². The lowest BCUT2D eigenvalue weighted by Crippen LogP contribution is -2.16. The smallest absolute Gasteiger partial charge is 0.127 e. The van der Waals surface area contributed by atoms with Crippen LogP contribution < -0.4 is 10.1 Å². The first-order valence-corrected chi connectivity index (χ1v) is 8.14. The summed E-state index contributed by atoms with van der Waals surface area (Å²) < 4.78 is 9.20. The number of aryl methyl sites for hydroxylation is 1. The second kappa shape index (κ2) is 6.20. The Hall–Kier alpha value is -1.33. The number of nitrogens with zero attached hydrogens (tertiary/aromatic N) is 2. The molecular weight excluding hydrogens is 330 g/mol. The zero-order chi connectivity index (χ0) is 14.8. The molecule has 1 N–H and O–H groups in total. The summed E-state index contributed by atoms with van der Waals surface area (Å²) in [6.45, 7) is 7.55. The molecule has 0 atom stereocenters. The standard InChI is InChI=1S/C16H20BrN3O/c1-3-18-8-15-9-19-11(2)20(15)10-13-7-14(17)6-12-4-5-21-16(12)13/h6-7,9,18H,3-5,8,10H2,1-2H3. The largest absolute Gasteiger partial charge is 0.493 e. The summed E-state index contributed by atoms with van der Waals surface area (Å²) in [5.41, 5.74) is 3.72. The highest BCUT2D eigenvalue weighted by Gasteiger charge is 2.19. The molecule has 1 aliphatic heterocycles. The van der Waals surface area contributed by atoms with Gasteiger partial charge < -0.3 is 14.6 Å². The third-order valence-corrected chi connectivity index (χ3v) is 4.31. The molecule has 0 saturated carbocycles. The van der Waals surface area contributed by atoms with Gasteiger partial charge in [0.2, 0.25) is 0 Å². The van der Waals surface area contributed by atoms with E-state index in [4.69, 9.17) is 4.74 Å². The van der Waals surface area contributed by atoms with Crippen molar-refractivity contribution < 1.29 is 4.74 Å². The zero-order valence-corrected chi connectivity index (χ0v) is 14.0. The van der Waals surface area contributed by atoms with Crippen molar-refractivity contribution >= 4 is 15.9 Å². The van der Waals surface area contributed by atoms with Gasteiger partial charge in [-0.1, -0.05) is 22.9 Å². The molecular formula is C16H20BrN3O. The zero-order valence-electron chi connectivity index (χ0n) is 12.4. The fourth-order valence-corrected chi connectivity index (χ4v) is 3.31. The lowest BCUT2D eigenvalue weighted by atomic mass is 10.1. The van der Waals surface area contributed by atoms with Crippen LogP contribution in [0.15, 0.2) is 22.8 Å². The SMILES string of the molecule is CCNCc1cnc(C)n1Cc1cc(Br)cc2c1OCC2. The molecule has 5 heteroatoms. The molecule has 0 saturated heterocycles. The van der Waals surface area contributed by atoms with E-state index in [0.717, 1.165) is 48.7 Å². The summed E-state index contributed by atoms with van der Waals surface area (Å²) in [5, 5.41) is 3.37. The van der Waals surface area contributed by atoms with Crippen molar-refractivity contribution in [2.75, 3.05) is 13.2 Å². The first-order valence-electron chi connectivity index (χ1n) is 7.35. The fraction of sp³-hybridized carbons (Fsp3) is 0.438. The van der Waals surface area contributed by atoms with E-state index in [2.05, 4.69) is 56.8 Å². The summed E-state index contributed by atoms with van der Waals surface area (Å²) in [6.07, 6.45) is 2.95. The summed E-state index contributed by atoms with van der Waals surface area (Å²) in [5.74, 6) is 2.09. The van der Waals surface area contributed by atoms with Crippen LogP contribution in [0.4, 0.5) is 0 Å². The molecule has 3 rings (SSSR count). The molecule has 0 fully saturated rings. The van der Waals surface area contributed by atoms with Gasteiger partial charge >= 0.3 is 0 Å². The highest BCUT2D eigenvalue weighted by atomic mass is 79.9. The number of halogens is 1. The Morgan fingerprint density at radius 2 is 2.29 bits per heavy atom. The minimum atomic E-state index is 0.784. The molecule has 2 heterocycles. The molecule has 21 heavy (non-hydrogen) atoms. The maximum atomic E-state index is 5.82. The van der Waals surface area contributed by atoms with E-state index in [-0.39, 0.29) is 0 Å². The number of fused-ring (bicyclic) bond motifs is 1. The first-order chi connectivity index (χ1) is 10.2. The maximum Gasteiger partial charge on any atom is 0.127 e. The number of hydrogen-bond donors (Lipinski definition) is 1. The maximum absolute atomic E-state index is 5.82. The van der Waals surface area contributed by atoms with E-state index in [1.807, 2.05) is 6.20 Å². The van der Waals surface area contributed by atoms with Gasteiger partial charge in [0.15, 0.2) is 0 Å². The minimum absolute atomic E-state index is 0.784. The number of nitrogens with one attached hydrogen (secondary N) is 1. The van der Waals surface area contributed by atoms with Crippen molar-refractivity contribution in [1.82, 2.24) is 14.9 Å². The van der Waals surface area contributed by atoms with Crippen molar-refractivity contribution in [2.24, 2.45) is 0 Å². The van der Waals surface area contributed by atoms with E-state index in [0.29, 0.717) is 0 Å². The average Bonchev–Trinajstić information content (AvgIpc) is 3.05. The molecule has 0 amide bonds. The highest BCUT2D eigenvalue weighted by Crippen LogP contribution is 2.33. The van der Waals surface area contributed by atoms with Gasteiger partial charge in [-0.05, 0) is 31.2 Å². The predicted octanol–water partition coefficient (Wildman–Crippen LogP) is 3.05. The Balaban J connectivity index is 1.92. The van der Waals surface area contributed by atoms with Gasteiger partial charge in [0, 0.05) is 29.2 Å². The molecule has 4 nitrogen and oxygen atoms in total. The minimum Gasteiger partial charge on any atom is -0.493 e. The van der Waals surface area contributed by atoms with Gasteiger partial charge in [0.05, 0.1) is 18.8 Å². The molecule has 0 spiro atoms. The van der Waals surface area contributed by atoms with Gasteiger partial charge in [0.25, 0.3) is 0 Å². The second-order valence-corrected chi connectivity index (χ2v) is 6.23. The van der Waals surface area contributed by atoms with Crippen LogP contribution in [0.3, 0.4) is 0 Å². The van der Waals surface area contributed by atoms with Crippen LogP contribution in [0, 0.1) is 6.92 Å². The van der Waals surface area contributed by atoms with E-state index in [1.165, 1.54) is 16.8 Å². The van der Waals surface area contributed by atoms with Gasteiger partial charge in [-0.15, -0.1) is 0 Å². The number of benzene rings is 1. The molecule has 2 aromatic rings. The lowest BCUT2D eigenvalue weighted by molar-refractivity contribution is 0.352. The monoisotopic (exact) mass is 349 g/mol. The second-order valence-electron chi connectivity index (χ2n) is 5.31. The summed E-state index contributed by atoms with van der Waals surface area (Å²) in [4.78, 5) is 4.45. The predicted molar refractivity (Wildman–Crippen MR) is 86.8 cm³/mol. The van der Waals surface area contributed by atoms with Crippen molar-refractivity contribution in [3.63, 3.8) is 0 Å². The third-order valence-electron chi connectivity index (χ3n) is 3.85. The van der Waals surface area contributed by atoms with Crippen molar-refractivity contribution in [2.45, 2.75) is 33.4 Å². The molecule has 1 aromatic heterocycles. The molecule has 112 valence electrons. The fourth-order valence-electron chi connectivity index (χ4n) is 2.76. The summed E-state index contributed by atoms with van der Waals surface area (Å²) >= 11 is 3.61. The Kier molecular flexibility index (Phi) is 4.31. The van der Waals surface area contributed by atoms with Crippen LogP contribution in [-0.2, 0) is 19.5 Å². The van der Waals surface area contributed by atoms with Crippen LogP contribution >= 0.6 is 15.9 Å². The molecule has 0 aliphatic carbocycles. The van der Waals surface area contributed by atoms with Gasteiger partial charge in [-0.25, -0.2) is 4.98 Å². The van der Waals surface area contributed by atoms with Crippen molar-refractivity contribution in [1.29, 1.82) is 0 Å². The van der Waals surface area contributed by atoms with Crippen molar-refractivity contribution in [3.8, 4) is 5.75 Å². The number of imidazole rings is 1. The number of hydrogen-bond acceptors (Lipinski definition) is 3. The Bertz CT molecular complexity index is 651. The van der Waals surface area contributed by atoms with Crippen LogP contribution in [0.5, 0.6) is 5.75 Å². The Labute approximate surface area is 133 Å². The van der Waals surface area contributed by atoms with Crippen LogP contribution in [0.2, 0.25) is 0 Å². The Morgan fingerprint density at radius 3 is 3.10 bits per heavy atom. The topological polar surface area (TPSA) is 39.1 Å². The van der Waals surface area contributed by atoms with E-state index >= 15 is 0 Å². The number of aromatic nitrogens is 2. The van der Waals surface area contributed by atoms with E-state index < -0.39 is 0 Å². The van der Waals surface area contributed by atoms with Crippen LogP contribution in [-0.4, -0.2) is 22.7 Å². The first kappa shape index (κ1) is 14.6. The third kappa shape index (κ3) is 2.99. The number of ether oxygens (including phenoxy) is 1. The normalized spacial score (nSPS) is 13.3. The van der Waals surface area contributed by atoms with Gasteiger partial charge in [-0.2, -0.15) is 0 Å². The molecule has 0 bridgehead atoms. The molecule has 1 aromatic carbocycles. The van der Waals surface area contributed by atoms with Crippen LogP contribution in [0.1, 0.15) is 29.6 Å².